The van der Waals surface area contributed by atoms with Crippen LogP contribution in [0, 0.1) is 5.92 Å². The minimum atomic E-state index is 0.715. The van der Waals surface area contributed by atoms with Crippen molar-refractivity contribution in [1.29, 1.82) is 0 Å². The minimum Gasteiger partial charge on any atom is -0.313 e. The number of nitrogens with zero attached hydrogens (tertiary/aromatic N) is 2. The van der Waals surface area contributed by atoms with E-state index in [1.54, 1.807) is 0 Å². The van der Waals surface area contributed by atoms with Crippen LogP contribution in [0.15, 0.2) is 0 Å². The van der Waals surface area contributed by atoms with Gasteiger partial charge in [0, 0.05) is 24.3 Å². The third kappa shape index (κ3) is 4.34. The Morgan fingerprint density at radius 2 is 1.89 bits per heavy atom. The van der Waals surface area contributed by atoms with Crippen molar-refractivity contribution in [2.45, 2.75) is 73.4 Å². The normalized spacial score (nSPS) is 12.9. The first-order valence-corrected chi connectivity index (χ1v) is 7.95. The minimum absolute atomic E-state index is 0.715. The van der Waals surface area contributed by atoms with Crippen molar-refractivity contribution in [3.8, 4) is 0 Å². The smallest absolute Gasteiger partial charge is 0.0669 e. The number of hydrogen-bond acceptors (Lipinski definition) is 2. The predicted octanol–water partition coefficient (Wildman–Crippen LogP) is 3.55. The summed E-state index contributed by atoms with van der Waals surface area (Å²) in [6, 6.07) is 0. The molecule has 1 unspecified atom stereocenters. The van der Waals surface area contributed by atoms with Crippen LogP contribution >= 0.6 is 0 Å². The van der Waals surface area contributed by atoms with Gasteiger partial charge in [-0.05, 0) is 31.7 Å². The molecule has 0 saturated carbocycles. The molecular weight excluding hydrogens is 234 g/mol. The number of nitrogens with one attached hydrogen (secondary N) is 1. The molecule has 1 rings (SSSR count). The second-order valence-electron chi connectivity index (χ2n) is 5.44. The maximum Gasteiger partial charge on any atom is 0.0669 e. The first-order chi connectivity index (χ1) is 9.17. The van der Waals surface area contributed by atoms with Gasteiger partial charge in [-0.1, -0.05) is 41.0 Å². The summed E-state index contributed by atoms with van der Waals surface area (Å²) in [4.78, 5) is 0. The monoisotopic (exact) mass is 265 g/mol. The number of aryl methyl sites for hydroxylation is 1. The van der Waals surface area contributed by atoms with Crippen LogP contribution in [0.5, 0.6) is 0 Å². The van der Waals surface area contributed by atoms with Crippen molar-refractivity contribution in [3.05, 3.63) is 17.0 Å². The van der Waals surface area contributed by atoms with Gasteiger partial charge in [0.2, 0.25) is 0 Å². The topological polar surface area (TPSA) is 29.9 Å². The summed E-state index contributed by atoms with van der Waals surface area (Å²) in [6.07, 6.45) is 4.65. The van der Waals surface area contributed by atoms with E-state index in [2.05, 4.69) is 44.6 Å². The van der Waals surface area contributed by atoms with Gasteiger partial charge in [-0.15, -0.1) is 0 Å². The summed E-state index contributed by atoms with van der Waals surface area (Å²) < 4.78 is 2.27. The second kappa shape index (κ2) is 8.36. The Hall–Kier alpha value is -0.830. The van der Waals surface area contributed by atoms with E-state index < -0.39 is 0 Å². The molecule has 0 aliphatic rings. The third-order valence-electron chi connectivity index (χ3n) is 3.74. The average Bonchev–Trinajstić information content (AvgIpc) is 2.73. The van der Waals surface area contributed by atoms with Gasteiger partial charge in [0.15, 0.2) is 0 Å². The van der Waals surface area contributed by atoms with E-state index in [1.165, 1.54) is 29.8 Å². The zero-order chi connectivity index (χ0) is 14.3. The van der Waals surface area contributed by atoms with Crippen LogP contribution in [0.2, 0.25) is 0 Å². The number of hydrogen-bond donors (Lipinski definition) is 1. The Balaban J connectivity index is 2.93. The standard InChI is InChI=1S/C16H31N3/c1-6-10-13(5)12-19-16(8-3)14(11-17-9-4)15(7-2)18-19/h13,17H,6-12H2,1-5H3. The van der Waals surface area contributed by atoms with E-state index >= 15 is 0 Å². The Morgan fingerprint density at radius 3 is 2.42 bits per heavy atom. The lowest BCUT2D eigenvalue weighted by molar-refractivity contribution is 0.410. The van der Waals surface area contributed by atoms with Crippen molar-refractivity contribution in [2.75, 3.05) is 6.54 Å². The second-order valence-corrected chi connectivity index (χ2v) is 5.44. The maximum atomic E-state index is 4.85. The van der Waals surface area contributed by atoms with E-state index in [9.17, 15) is 0 Å². The Kier molecular flexibility index (Phi) is 7.14. The lowest BCUT2D eigenvalue weighted by Gasteiger charge is -2.13. The molecule has 0 aliphatic heterocycles. The van der Waals surface area contributed by atoms with Gasteiger partial charge < -0.3 is 5.32 Å². The molecule has 0 amide bonds. The van der Waals surface area contributed by atoms with Crippen LogP contribution in [-0.4, -0.2) is 16.3 Å². The van der Waals surface area contributed by atoms with E-state index in [1.807, 2.05) is 0 Å². The molecule has 1 aromatic rings. The van der Waals surface area contributed by atoms with Crippen molar-refractivity contribution >= 4 is 0 Å². The van der Waals surface area contributed by atoms with E-state index in [4.69, 9.17) is 5.10 Å². The van der Waals surface area contributed by atoms with Crippen molar-refractivity contribution in [2.24, 2.45) is 5.92 Å². The van der Waals surface area contributed by atoms with Crippen LogP contribution in [0.4, 0.5) is 0 Å². The summed E-state index contributed by atoms with van der Waals surface area (Å²) in [5.74, 6) is 0.715. The van der Waals surface area contributed by atoms with Crippen LogP contribution < -0.4 is 5.32 Å². The Morgan fingerprint density at radius 1 is 1.16 bits per heavy atom. The third-order valence-corrected chi connectivity index (χ3v) is 3.74. The molecule has 1 atom stereocenters. The molecule has 3 nitrogen and oxygen atoms in total. The van der Waals surface area contributed by atoms with Gasteiger partial charge in [0.1, 0.15) is 0 Å². The van der Waals surface area contributed by atoms with Gasteiger partial charge in [0.25, 0.3) is 0 Å². The fourth-order valence-corrected chi connectivity index (χ4v) is 2.75. The molecule has 1 N–H and O–H groups in total. The van der Waals surface area contributed by atoms with E-state index in [0.29, 0.717) is 5.92 Å². The van der Waals surface area contributed by atoms with Crippen molar-refractivity contribution in [1.82, 2.24) is 15.1 Å². The fourth-order valence-electron chi connectivity index (χ4n) is 2.75. The molecule has 110 valence electrons. The number of rotatable bonds is 9. The lowest BCUT2D eigenvalue weighted by atomic mass is 10.1. The molecule has 1 heterocycles. The molecule has 19 heavy (non-hydrogen) atoms. The molecule has 0 aromatic carbocycles. The summed E-state index contributed by atoms with van der Waals surface area (Å²) in [7, 11) is 0. The largest absolute Gasteiger partial charge is 0.313 e. The zero-order valence-electron chi connectivity index (χ0n) is 13.4. The first kappa shape index (κ1) is 16.2. The van der Waals surface area contributed by atoms with Crippen LogP contribution in [0.25, 0.3) is 0 Å². The van der Waals surface area contributed by atoms with Crippen LogP contribution in [0.3, 0.4) is 0 Å². The quantitative estimate of drug-likeness (QED) is 0.740. The van der Waals surface area contributed by atoms with Gasteiger partial charge >= 0.3 is 0 Å². The predicted molar refractivity (Wildman–Crippen MR) is 82.4 cm³/mol. The highest BCUT2D eigenvalue weighted by molar-refractivity contribution is 5.26. The van der Waals surface area contributed by atoms with E-state index in [0.717, 1.165) is 32.5 Å². The van der Waals surface area contributed by atoms with Crippen LogP contribution in [-0.2, 0) is 25.9 Å². The highest BCUT2D eigenvalue weighted by Gasteiger charge is 2.16. The van der Waals surface area contributed by atoms with E-state index in [-0.39, 0.29) is 0 Å². The Labute approximate surface area is 118 Å². The SMILES string of the molecule is CCCC(C)Cn1nc(CC)c(CNCC)c1CC. The fraction of sp³-hybridized carbons (Fsp3) is 0.812. The van der Waals surface area contributed by atoms with Gasteiger partial charge in [-0.25, -0.2) is 0 Å². The Bertz CT molecular complexity index is 368. The van der Waals surface area contributed by atoms with Gasteiger partial charge in [-0.2, -0.15) is 5.10 Å². The summed E-state index contributed by atoms with van der Waals surface area (Å²) in [5, 5.41) is 8.30. The molecule has 0 aliphatic carbocycles. The van der Waals surface area contributed by atoms with Crippen molar-refractivity contribution in [3.63, 3.8) is 0 Å². The molecule has 0 bridgehead atoms. The maximum absolute atomic E-state index is 4.85. The molecule has 0 fully saturated rings. The molecule has 0 saturated heterocycles. The van der Waals surface area contributed by atoms with Gasteiger partial charge in [-0.3, -0.25) is 4.68 Å². The van der Waals surface area contributed by atoms with Gasteiger partial charge in [0.05, 0.1) is 5.69 Å². The summed E-state index contributed by atoms with van der Waals surface area (Å²) >= 11 is 0. The summed E-state index contributed by atoms with van der Waals surface area (Å²) in [6.45, 7) is 14.2. The zero-order valence-corrected chi connectivity index (χ0v) is 13.4. The number of aromatic nitrogens is 2. The average molecular weight is 265 g/mol. The highest BCUT2D eigenvalue weighted by atomic mass is 15.3. The highest BCUT2D eigenvalue weighted by Crippen LogP contribution is 2.19. The lowest BCUT2D eigenvalue weighted by Crippen LogP contribution is -2.15. The molecule has 1 aromatic heterocycles. The molecule has 3 heteroatoms. The van der Waals surface area contributed by atoms with Crippen molar-refractivity contribution < 1.29 is 0 Å². The molecule has 0 spiro atoms. The molecule has 0 radical (unpaired) electrons. The molecular formula is C16H31N3. The van der Waals surface area contributed by atoms with Crippen LogP contribution in [0.1, 0.15) is 64.4 Å². The summed E-state index contributed by atoms with van der Waals surface area (Å²) in [5.41, 5.74) is 4.15. The first-order valence-electron chi connectivity index (χ1n) is 7.95.